The van der Waals surface area contributed by atoms with E-state index in [1.807, 2.05) is 45.0 Å². The highest BCUT2D eigenvalue weighted by molar-refractivity contribution is 6.31. The summed E-state index contributed by atoms with van der Waals surface area (Å²) in [6, 6.07) is 7.68. The minimum atomic E-state index is 0.601. The van der Waals surface area contributed by atoms with Gasteiger partial charge in [0.05, 0.1) is 5.69 Å². The van der Waals surface area contributed by atoms with Crippen LogP contribution in [0.5, 0.6) is 0 Å². The SMILES string of the molecule is Cc1nc2c(-c3cccc(Cl)c3)c(C)nn2c(Cl)c1C. The summed E-state index contributed by atoms with van der Waals surface area (Å²) >= 11 is 12.4. The standard InChI is InChI=1S/C15H13Cl2N3/c1-8-9(2)18-15-13(10(3)19-20(15)14(8)17)11-5-4-6-12(16)7-11/h4-7H,1-3H3. The molecule has 3 rings (SSSR count). The summed E-state index contributed by atoms with van der Waals surface area (Å²) in [6.07, 6.45) is 0. The van der Waals surface area contributed by atoms with Crippen molar-refractivity contribution in [2.24, 2.45) is 0 Å². The first-order valence-corrected chi connectivity index (χ1v) is 7.02. The van der Waals surface area contributed by atoms with Crippen LogP contribution in [0.1, 0.15) is 17.0 Å². The normalized spacial score (nSPS) is 11.2. The lowest BCUT2D eigenvalue weighted by atomic mass is 10.1. The number of rotatable bonds is 1. The van der Waals surface area contributed by atoms with Gasteiger partial charge in [-0.15, -0.1) is 0 Å². The van der Waals surface area contributed by atoms with Crippen molar-refractivity contribution < 1.29 is 0 Å². The third-order valence-corrected chi connectivity index (χ3v) is 4.14. The van der Waals surface area contributed by atoms with Gasteiger partial charge in [0.2, 0.25) is 0 Å². The van der Waals surface area contributed by atoms with Crippen molar-refractivity contribution >= 4 is 28.8 Å². The lowest BCUT2D eigenvalue weighted by molar-refractivity contribution is 0.898. The fourth-order valence-corrected chi connectivity index (χ4v) is 2.73. The van der Waals surface area contributed by atoms with Gasteiger partial charge in [0.25, 0.3) is 0 Å². The van der Waals surface area contributed by atoms with Gasteiger partial charge < -0.3 is 0 Å². The molecule has 102 valence electrons. The molecule has 0 aliphatic rings. The Morgan fingerprint density at radius 3 is 2.50 bits per heavy atom. The molecule has 0 radical (unpaired) electrons. The van der Waals surface area contributed by atoms with Crippen molar-refractivity contribution in [1.82, 2.24) is 14.6 Å². The van der Waals surface area contributed by atoms with Crippen LogP contribution in [0.4, 0.5) is 0 Å². The molecule has 1 aromatic carbocycles. The van der Waals surface area contributed by atoms with E-state index in [0.717, 1.165) is 33.7 Å². The zero-order valence-corrected chi connectivity index (χ0v) is 12.9. The Morgan fingerprint density at radius 1 is 1.05 bits per heavy atom. The third-order valence-electron chi connectivity index (χ3n) is 3.46. The molecule has 5 heteroatoms. The Labute approximate surface area is 127 Å². The first-order valence-electron chi connectivity index (χ1n) is 6.27. The van der Waals surface area contributed by atoms with Crippen LogP contribution in [0.25, 0.3) is 16.8 Å². The molecule has 2 aromatic heterocycles. The van der Waals surface area contributed by atoms with Gasteiger partial charge in [0, 0.05) is 21.8 Å². The maximum atomic E-state index is 6.37. The Morgan fingerprint density at radius 2 is 1.80 bits per heavy atom. The van der Waals surface area contributed by atoms with Gasteiger partial charge in [-0.25, -0.2) is 9.50 Å². The lowest BCUT2D eigenvalue weighted by Crippen LogP contribution is -1.99. The molecule has 20 heavy (non-hydrogen) atoms. The van der Waals surface area contributed by atoms with E-state index >= 15 is 0 Å². The summed E-state index contributed by atoms with van der Waals surface area (Å²) in [6.45, 7) is 5.84. The molecule has 0 saturated carbocycles. The number of benzene rings is 1. The van der Waals surface area contributed by atoms with Gasteiger partial charge >= 0.3 is 0 Å². The van der Waals surface area contributed by atoms with Crippen LogP contribution in [-0.4, -0.2) is 14.6 Å². The van der Waals surface area contributed by atoms with Gasteiger partial charge in [-0.2, -0.15) is 5.10 Å². The van der Waals surface area contributed by atoms with Crippen LogP contribution in [0.15, 0.2) is 24.3 Å². The van der Waals surface area contributed by atoms with Crippen LogP contribution < -0.4 is 0 Å². The maximum absolute atomic E-state index is 6.37. The highest BCUT2D eigenvalue weighted by Gasteiger charge is 2.17. The van der Waals surface area contributed by atoms with Gasteiger partial charge in [-0.3, -0.25) is 0 Å². The van der Waals surface area contributed by atoms with E-state index in [1.165, 1.54) is 0 Å². The zero-order valence-electron chi connectivity index (χ0n) is 11.4. The molecule has 3 aromatic rings. The molecule has 2 heterocycles. The van der Waals surface area contributed by atoms with Crippen LogP contribution in [-0.2, 0) is 0 Å². The Bertz CT molecular complexity index is 822. The molecular formula is C15H13Cl2N3. The number of hydrogen-bond acceptors (Lipinski definition) is 2. The molecule has 0 atom stereocenters. The van der Waals surface area contributed by atoms with Crippen molar-refractivity contribution in [2.45, 2.75) is 20.8 Å². The number of halogens is 2. The van der Waals surface area contributed by atoms with E-state index in [-0.39, 0.29) is 0 Å². The molecule has 0 aliphatic heterocycles. The first kappa shape index (κ1) is 13.4. The zero-order chi connectivity index (χ0) is 14.4. The van der Waals surface area contributed by atoms with Crippen LogP contribution in [0.3, 0.4) is 0 Å². The molecule has 0 unspecified atom stereocenters. The van der Waals surface area contributed by atoms with Crippen LogP contribution in [0.2, 0.25) is 10.2 Å². The van der Waals surface area contributed by atoms with E-state index in [0.29, 0.717) is 10.2 Å². The molecule has 0 spiro atoms. The monoisotopic (exact) mass is 305 g/mol. The van der Waals surface area contributed by atoms with Gasteiger partial charge in [-0.1, -0.05) is 35.3 Å². The number of fused-ring (bicyclic) bond motifs is 1. The van der Waals surface area contributed by atoms with Crippen molar-refractivity contribution in [3.8, 4) is 11.1 Å². The molecule has 0 saturated heterocycles. The van der Waals surface area contributed by atoms with Gasteiger partial charge in [0.15, 0.2) is 5.65 Å². The highest BCUT2D eigenvalue weighted by Crippen LogP contribution is 2.31. The van der Waals surface area contributed by atoms with Crippen LogP contribution in [0, 0.1) is 20.8 Å². The van der Waals surface area contributed by atoms with Crippen LogP contribution >= 0.6 is 23.2 Å². The predicted octanol–water partition coefficient (Wildman–Crippen LogP) is 4.63. The smallest absolute Gasteiger partial charge is 0.165 e. The molecular weight excluding hydrogens is 293 g/mol. The van der Waals surface area contributed by atoms with E-state index in [1.54, 1.807) is 4.52 Å². The number of nitrogens with zero attached hydrogens (tertiary/aromatic N) is 3. The van der Waals surface area contributed by atoms with E-state index in [2.05, 4.69) is 10.1 Å². The molecule has 0 aliphatic carbocycles. The third kappa shape index (κ3) is 1.98. The second-order valence-electron chi connectivity index (χ2n) is 4.82. The maximum Gasteiger partial charge on any atom is 0.165 e. The minimum Gasteiger partial charge on any atom is -0.233 e. The summed E-state index contributed by atoms with van der Waals surface area (Å²) in [4.78, 5) is 4.64. The van der Waals surface area contributed by atoms with Crippen molar-refractivity contribution in [3.05, 3.63) is 51.4 Å². The molecule has 0 amide bonds. The lowest BCUT2D eigenvalue weighted by Gasteiger charge is -2.06. The Kier molecular flexibility index (Phi) is 3.19. The van der Waals surface area contributed by atoms with E-state index < -0.39 is 0 Å². The van der Waals surface area contributed by atoms with Gasteiger partial charge in [-0.05, 0) is 38.5 Å². The molecule has 0 fully saturated rings. The Hall–Kier alpha value is -1.58. The largest absolute Gasteiger partial charge is 0.233 e. The van der Waals surface area contributed by atoms with Crippen molar-refractivity contribution in [1.29, 1.82) is 0 Å². The summed E-state index contributed by atoms with van der Waals surface area (Å²) in [5.41, 5.74) is 5.46. The van der Waals surface area contributed by atoms with E-state index in [4.69, 9.17) is 23.2 Å². The van der Waals surface area contributed by atoms with Crippen molar-refractivity contribution in [3.63, 3.8) is 0 Å². The quantitative estimate of drug-likeness (QED) is 0.614. The number of hydrogen-bond donors (Lipinski definition) is 0. The van der Waals surface area contributed by atoms with Crippen molar-refractivity contribution in [2.75, 3.05) is 0 Å². The highest BCUT2D eigenvalue weighted by atomic mass is 35.5. The minimum absolute atomic E-state index is 0.601. The second kappa shape index (κ2) is 4.76. The summed E-state index contributed by atoms with van der Waals surface area (Å²) in [7, 11) is 0. The first-order chi connectivity index (χ1) is 9.49. The summed E-state index contributed by atoms with van der Waals surface area (Å²) in [5.74, 6) is 0. The number of aromatic nitrogens is 3. The topological polar surface area (TPSA) is 30.2 Å². The fourth-order valence-electron chi connectivity index (χ4n) is 2.29. The summed E-state index contributed by atoms with van der Waals surface area (Å²) < 4.78 is 1.69. The van der Waals surface area contributed by atoms with E-state index in [9.17, 15) is 0 Å². The fraction of sp³-hybridized carbons (Fsp3) is 0.200. The molecule has 0 N–H and O–H groups in total. The number of aryl methyl sites for hydroxylation is 2. The Balaban J connectivity index is 2.40. The average molecular weight is 306 g/mol. The summed E-state index contributed by atoms with van der Waals surface area (Å²) in [5, 5.41) is 5.79. The second-order valence-corrected chi connectivity index (χ2v) is 5.61. The molecule has 3 nitrogen and oxygen atoms in total. The molecule has 0 bridgehead atoms. The average Bonchev–Trinajstić information content (AvgIpc) is 2.73. The predicted molar refractivity (Wildman–Crippen MR) is 82.7 cm³/mol. The van der Waals surface area contributed by atoms with Gasteiger partial charge in [0.1, 0.15) is 5.15 Å².